The van der Waals surface area contributed by atoms with Crippen LogP contribution in [-0.4, -0.2) is 42.7 Å². The Morgan fingerprint density at radius 3 is 3.05 bits per heavy atom. The number of nitrogens with zero attached hydrogens (tertiary/aromatic N) is 1. The Morgan fingerprint density at radius 2 is 2.29 bits per heavy atom. The molecular weight excluding hydrogens is 264 g/mol. The minimum atomic E-state index is -0.128. The lowest BCUT2D eigenvalue weighted by Gasteiger charge is -2.32. The van der Waals surface area contributed by atoms with Crippen molar-refractivity contribution in [2.45, 2.75) is 19.4 Å². The quantitative estimate of drug-likeness (QED) is 0.815. The molecule has 1 amide bonds. The SMILES string of the molecule is CNC(=O)C1CCCN(Cc2ccccc2C#CCO)C1. The fourth-order valence-corrected chi connectivity index (χ4v) is 2.77. The molecule has 1 fully saturated rings. The van der Waals surface area contributed by atoms with E-state index in [0.717, 1.165) is 43.6 Å². The summed E-state index contributed by atoms with van der Waals surface area (Å²) in [5.41, 5.74) is 2.10. The maximum Gasteiger partial charge on any atom is 0.224 e. The van der Waals surface area contributed by atoms with E-state index in [9.17, 15) is 4.79 Å². The molecule has 1 aliphatic heterocycles. The highest BCUT2D eigenvalue weighted by Gasteiger charge is 2.25. The second kappa shape index (κ2) is 7.82. The molecule has 4 heteroatoms. The van der Waals surface area contributed by atoms with Crippen molar-refractivity contribution < 1.29 is 9.90 Å². The van der Waals surface area contributed by atoms with Crippen molar-refractivity contribution >= 4 is 5.91 Å². The van der Waals surface area contributed by atoms with Gasteiger partial charge in [-0.15, -0.1) is 0 Å². The van der Waals surface area contributed by atoms with Gasteiger partial charge in [-0.2, -0.15) is 0 Å². The van der Waals surface area contributed by atoms with Gasteiger partial charge in [0.05, 0.1) is 5.92 Å². The Hall–Kier alpha value is -1.83. The number of rotatable bonds is 3. The van der Waals surface area contributed by atoms with E-state index in [-0.39, 0.29) is 18.4 Å². The fraction of sp³-hybridized carbons (Fsp3) is 0.471. The number of nitrogens with one attached hydrogen (secondary N) is 1. The monoisotopic (exact) mass is 286 g/mol. The maximum absolute atomic E-state index is 11.8. The first-order valence-electron chi connectivity index (χ1n) is 7.36. The summed E-state index contributed by atoms with van der Waals surface area (Å²) in [6, 6.07) is 7.98. The third-order valence-electron chi connectivity index (χ3n) is 3.84. The molecule has 0 radical (unpaired) electrons. The number of amides is 1. The lowest BCUT2D eigenvalue weighted by Crippen LogP contribution is -2.41. The van der Waals surface area contributed by atoms with Gasteiger partial charge in [0.2, 0.25) is 5.91 Å². The van der Waals surface area contributed by atoms with Crippen LogP contribution in [0.5, 0.6) is 0 Å². The number of hydrogen-bond donors (Lipinski definition) is 2. The number of piperidine rings is 1. The molecule has 1 aromatic carbocycles. The van der Waals surface area contributed by atoms with Crippen LogP contribution >= 0.6 is 0 Å². The Morgan fingerprint density at radius 1 is 1.48 bits per heavy atom. The first-order chi connectivity index (χ1) is 10.2. The minimum Gasteiger partial charge on any atom is -0.384 e. The highest BCUT2D eigenvalue weighted by molar-refractivity contribution is 5.78. The molecule has 112 valence electrons. The minimum absolute atomic E-state index is 0.0828. The molecule has 0 bridgehead atoms. The zero-order valence-electron chi connectivity index (χ0n) is 12.4. The summed E-state index contributed by atoms with van der Waals surface area (Å²) in [6.07, 6.45) is 2.00. The van der Waals surface area contributed by atoms with Crippen molar-refractivity contribution in [3.8, 4) is 11.8 Å². The van der Waals surface area contributed by atoms with Gasteiger partial charge in [-0.25, -0.2) is 0 Å². The van der Waals surface area contributed by atoms with Crippen LogP contribution in [0.15, 0.2) is 24.3 Å². The Bertz CT molecular complexity index is 545. The molecule has 1 aromatic rings. The van der Waals surface area contributed by atoms with E-state index in [2.05, 4.69) is 28.1 Å². The average Bonchev–Trinajstić information content (AvgIpc) is 2.53. The molecule has 1 atom stereocenters. The lowest BCUT2D eigenvalue weighted by molar-refractivity contribution is -0.126. The van der Waals surface area contributed by atoms with Crippen LogP contribution in [0.4, 0.5) is 0 Å². The summed E-state index contributed by atoms with van der Waals surface area (Å²) < 4.78 is 0. The van der Waals surface area contributed by atoms with Crippen LogP contribution in [0.1, 0.15) is 24.0 Å². The average molecular weight is 286 g/mol. The standard InChI is InChI=1S/C17H22N2O2/c1-18-17(21)16-8-4-10-19(13-16)12-15-7-3-2-6-14(15)9-5-11-20/h2-3,6-7,16,20H,4,8,10-13H2,1H3,(H,18,21). The van der Waals surface area contributed by atoms with Gasteiger partial charge in [-0.05, 0) is 31.0 Å². The van der Waals surface area contributed by atoms with Crippen molar-refractivity contribution in [2.24, 2.45) is 5.92 Å². The molecule has 1 unspecified atom stereocenters. The van der Waals surface area contributed by atoms with Gasteiger partial charge in [0.1, 0.15) is 6.61 Å². The lowest BCUT2D eigenvalue weighted by atomic mass is 9.96. The molecule has 2 N–H and O–H groups in total. The number of carbonyl (C=O) groups excluding carboxylic acids is 1. The van der Waals surface area contributed by atoms with E-state index in [1.165, 1.54) is 0 Å². The van der Waals surface area contributed by atoms with Gasteiger partial charge >= 0.3 is 0 Å². The molecule has 2 rings (SSSR count). The van der Waals surface area contributed by atoms with Crippen LogP contribution < -0.4 is 5.32 Å². The first kappa shape index (κ1) is 15.6. The highest BCUT2D eigenvalue weighted by atomic mass is 16.2. The number of aliphatic hydroxyl groups excluding tert-OH is 1. The van der Waals surface area contributed by atoms with Crippen LogP contribution in [-0.2, 0) is 11.3 Å². The van der Waals surface area contributed by atoms with E-state index in [4.69, 9.17) is 5.11 Å². The molecule has 1 heterocycles. The van der Waals surface area contributed by atoms with Crippen molar-refractivity contribution in [3.63, 3.8) is 0 Å². The van der Waals surface area contributed by atoms with Crippen LogP contribution in [0.3, 0.4) is 0 Å². The van der Waals surface area contributed by atoms with Gasteiger partial charge in [0.15, 0.2) is 0 Å². The molecule has 4 nitrogen and oxygen atoms in total. The fourth-order valence-electron chi connectivity index (χ4n) is 2.77. The highest BCUT2D eigenvalue weighted by Crippen LogP contribution is 2.20. The number of hydrogen-bond acceptors (Lipinski definition) is 3. The molecule has 0 aliphatic carbocycles. The number of likely N-dealkylation sites (tertiary alicyclic amines) is 1. The van der Waals surface area contributed by atoms with Gasteiger partial charge in [-0.3, -0.25) is 9.69 Å². The van der Waals surface area contributed by atoms with E-state index in [1.807, 2.05) is 18.2 Å². The summed E-state index contributed by atoms with van der Waals surface area (Å²) in [7, 11) is 1.70. The Labute approximate surface area is 126 Å². The first-order valence-corrected chi connectivity index (χ1v) is 7.36. The number of benzene rings is 1. The van der Waals surface area contributed by atoms with Crippen molar-refractivity contribution in [2.75, 3.05) is 26.7 Å². The maximum atomic E-state index is 11.8. The van der Waals surface area contributed by atoms with Crippen molar-refractivity contribution in [3.05, 3.63) is 35.4 Å². The summed E-state index contributed by atoms with van der Waals surface area (Å²) in [5.74, 6) is 5.91. The van der Waals surface area contributed by atoms with Crippen LogP contribution in [0.25, 0.3) is 0 Å². The van der Waals surface area contributed by atoms with Gasteiger partial charge in [-0.1, -0.05) is 30.0 Å². The topological polar surface area (TPSA) is 52.6 Å². The second-order valence-corrected chi connectivity index (χ2v) is 5.31. The summed E-state index contributed by atoms with van der Waals surface area (Å²) in [5, 5.41) is 11.6. The van der Waals surface area contributed by atoms with E-state index >= 15 is 0 Å². The smallest absolute Gasteiger partial charge is 0.224 e. The molecule has 21 heavy (non-hydrogen) atoms. The third kappa shape index (κ3) is 4.32. The molecule has 1 aliphatic rings. The summed E-state index contributed by atoms with van der Waals surface area (Å²) in [6.45, 7) is 2.47. The molecule has 0 aromatic heterocycles. The summed E-state index contributed by atoms with van der Waals surface area (Å²) >= 11 is 0. The number of carbonyl (C=O) groups is 1. The predicted octanol–water partition coefficient (Wildman–Crippen LogP) is 0.988. The molecule has 0 saturated carbocycles. The van der Waals surface area contributed by atoms with Crippen molar-refractivity contribution in [1.82, 2.24) is 10.2 Å². The van der Waals surface area contributed by atoms with Gasteiger partial charge in [0, 0.05) is 25.7 Å². The van der Waals surface area contributed by atoms with E-state index in [0.29, 0.717) is 0 Å². The molecular formula is C17H22N2O2. The largest absolute Gasteiger partial charge is 0.384 e. The normalized spacial score (nSPS) is 18.7. The zero-order chi connectivity index (χ0) is 15.1. The molecule has 0 spiro atoms. The van der Waals surface area contributed by atoms with Gasteiger partial charge < -0.3 is 10.4 Å². The van der Waals surface area contributed by atoms with Crippen LogP contribution in [0.2, 0.25) is 0 Å². The van der Waals surface area contributed by atoms with Crippen LogP contribution in [0, 0.1) is 17.8 Å². The molecule has 1 saturated heterocycles. The Kier molecular flexibility index (Phi) is 5.79. The zero-order valence-corrected chi connectivity index (χ0v) is 12.4. The Balaban J connectivity index is 2.06. The van der Waals surface area contributed by atoms with Crippen molar-refractivity contribution in [1.29, 1.82) is 0 Å². The van der Waals surface area contributed by atoms with E-state index < -0.39 is 0 Å². The predicted molar refractivity (Wildman–Crippen MR) is 82.5 cm³/mol. The second-order valence-electron chi connectivity index (χ2n) is 5.31. The van der Waals surface area contributed by atoms with E-state index in [1.54, 1.807) is 7.05 Å². The third-order valence-corrected chi connectivity index (χ3v) is 3.84. The van der Waals surface area contributed by atoms with Gasteiger partial charge in [0.25, 0.3) is 0 Å². The summed E-state index contributed by atoms with van der Waals surface area (Å²) in [4.78, 5) is 14.1. The number of aliphatic hydroxyl groups is 1.